The summed E-state index contributed by atoms with van der Waals surface area (Å²) in [4.78, 5) is 24.9. The average Bonchev–Trinajstić information content (AvgIpc) is 2.55. The first-order valence-electron chi connectivity index (χ1n) is 8.23. The highest BCUT2D eigenvalue weighted by Crippen LogP contribution is 2.16. The third-order valence-electron chi connectivity index (χ3n) is 4.13. The Bertz CT molecular complexity index is 787. The van der Waals surface area contributed by atoms with Gasteiger partial charge >= 0.3 is 0 Å². The molecule has 5 heteroatoms. The summed E-state index contributed by atoms with van der Waals surface area (Å²) in [6, 6.07) is 10.6. The predicted octanol–water partition coefficient (Wildman–Crippen LogP) is 3.84. The maximum absolute atomic E-state index is 13.8. The van der Waals surface area contributed by atoms with Crippen molar-refractivity contribution in [2.75, 3.05) is 5.32 Å². The third kappa shape index (κ3) is 4.66. The Morgan fingerprint density at radius 2 is 1.68 bits per heavy atom. The van der Waals surface area contributed by atoms with Crippen LogP contribution in [0.15, 0.2) is 42.5 Å². The molecule has 132 valence electrons. The number of hydrogen-bond acceptors (Lipinski definition) is 2. The molecule has 0 saturated carbocycles. The molecule has 0 bridgehead atoms. The first kappa shape index (κ1) is 18.6. The zero-order valence-corrected chi connectivity index (χ0v) is 14.9. The lowest BCUT2D eigenvalue weighted by atomic mass is 10.0. The molecule has 2 amide bonds. The van der Waals surface area contributed by atoms with Crippen LogP contribution in [0, 0.1) is 25.6 Å². The Morgan fingerprint density at radius 1 is 1.00 bits per heavy atom. The van der Waals surface area contributed by atoms with Crippen molar-refractivity contribution in [2.45, 2.75) is 33.7 Å². The Balaban J connectivity index is 2.14. The van der Waals surface area contributed by atoms with E-state index >= 15 is 0 Å². The lowest BCUT2D eigenvalue weighted by molar-refractivity contribution is -0.118. The Kier molecular flexibility index (Phi) is 5.91. The topological polar surface area (TPSA) is 58.2 Å². The number of carbonyl (C=O) groups is 2. The second-order valence-electron chi connectivity index (χ2n) is 6.46. The minimum atomic E-state index is -0.770. The van der Waals surface area contributed by atoms with Gasteiger partial charge < -0.3 is 10.6 Å². The minimum Gasteiger partial charge on any atom is -0.340 e. The van der Waals surface area contributed by atoms with E-state index in [1.165, 1.54) is 18.2 Å². The second kappa shape index (κ2) is 7.92. The van der Waals surface area contributed by atoms with E-state index in [2.05, 4.69) is 10.6 Å². The summed E-state index contributed by atoms with van der Waals surface area (Å²) in [6.07, 6.45) is 0. The van der Waals surface area contributed by atoms with Gasteiger partial charge in [0.2, 0.25) is 5.91 Å². The lowest BCUT2D eigenvalue weighted by Crippen LogP contribution is -2.47. The van der Waals surface area contributed by atoms with Crippen molar-refractivity contribution in [2.24, 2.45) is 5.92 Å². The van der Waals surface area contributed by atoms with Gasteiger partial charge in [-0.2, -0.15) is 0 Å². The fourth-order valence-corrected chi connectivity index (χ4v) is 2.44. The van der Waals surface area contributed by atoms with Crippen molar-refractivity contribution in [1.82, 2.24) is 5.32 Å². The summed E-state index contributed by atoms with van der Waals surface area (Å²) in [6.45, 7) is 7.61. The largest absolute Gasteiger partial charge is 0.340 e. The highest BCUT2D eigenvalue weighted by atomic mass is 19.1. The summed E-state index contributed by atoms with van der Waals surface area (Å²) >= 11 is 0. The lowest BCUT2D eigenvalue weighted by Gasteiger charge is -2.22. The molecule has 2 rings (SSSR count). The van der Waals surface area contributed by atoms with E-state index in [1.54, 1.807) is 6.07 Å². The van der Waals surface area contributed by atoms with Gasteiger partial charge in [-0.3, -0.25) is 9.59 Å². The van der Waals surface area contributed by atoms with Crippen LogP contribution in [0.4, 0.5) is 10.1 Å². The molecule has 0 aromatic heterocycles. The summed E-state index contributed by atoms with van der Waals surface area (Å²) in [5, 5.41) is 5.44. The maximum atomic E-state index is 13.8. The number of amides is 2. The van der Waals surface area contributed by atoms with Gasteiger partial charge in [0.1, 0.15) is 11.9 Å². The van der Waals surface area contributed by atoms with Gasteiger partial charge in [0.05, 0.1) is 5.56 Å². The molecular formula is C20H23FN2O2. The van der Waals surface area contributed by atoms with Gasteiger partial charge in [0.15, 0.2) is 0 Å². The van der Waals surface area contributed by atoms with Gasteiger partial charge in [-0.1, -0.05) is 32.0 Å². The van der Waals surface area contributed by atoms with E-state index in [0.29, 0.717) is 5.69 Å². The van der Waals surface area contributed by atoms with Crippen LogP contribution >= 0.6 is 0 Å². The van der Waals surface area contributed by atoms with Crippen molar-refractivity contribution < 1.29 is 14.0 Å². The fourth-order valence-electron chi connectivity index (χ4n) is 2.44. The van der Waals surface area contributed by atoms with Crippen LogP contribution in [-0.2, 0) is 4.79 Å². The van der Waals surface area contributed by atoms with Crippen molar-refractivity contribution >= 4 is 17.5 Å². The van der Waals surface area contributed by atoms with Crippen molar-refractivity contribution in [3.05, 3.63) is 65.0 Å². The van der Waals surface area contributed by atoms with Gasteiger partial charge in [-0.05, 0) is 55.2 Å². The molecule has 0 fully saturated rings. The zero-order chi connectivity index (χ0) is 18.6. The molecule has 1 unspecified atom stereocenters. The molecule has 2 aromatic rings. The van der Waals surface area contributed by atoms with Crippen LogP contribution in [0.5, 0.6) is 0 Å². The van der Waals surface area contributed by atoms with Gasteiger partial charge in [0, 0.05) is 5.69 Å². The average molecular weight is 342 g/mol. The number of rotatable bonds is 5. The second-order valence-corrected chi connectivity index (χ2v) is 6.46. The molecule has 0 aliphatic heterocycles. The molecule has 0 saturated heterocycles. The smallest absolute Gasteiger partial charge is 0.254 e. The Hall–Kier alpha value is -2.69. The van der Waals surface area contributed by atoms with Crippen LogP contribution in [0.1, 0.15) is 35.3 Å². The number of aryl methyl sites for hydroxylation is 2. The maximum Gasteiger partial charge on any atom is 0.254 e. The van der Waals surface area contributed by atoms with Crippen LogP contribution in [-0.4, -0.2) is 17.9 Å². The Labute approximate surface area is 147 Å². The van der Waals surface area contributed by atoms with Gasteiger partial charge in [-0.25, -0.2) is 4.39 Å². The van der Waals surface area contributed by atoms with E-state index in [-0.39, 0.29) is 17.4 Å². The third-order valence-corrected chi connectivity index (χ3v) is 4.13. The number of carbonyl (C=O) groups excluding carboxylic acids is 2. The molecule has 0 aliphatic carbocycles. The van der Waals surface area contributed by atoms with Crippen LogP contribution in [0.25, 0.3) is 0 Å². The van der Waals surface area contributed by atoms with Gasteiger partial charge in [-0.15, -0.1) is 0 Å². The highest BCUT2D eigenvalue weighted by molar-refractivity contribution is 6.01. The van der Waals surface area contributed by atoms with Gasteiger partial charge in [0.25, 0.3) is 5.91 Å². The number of hydrogen-bond donors (Lipinski definition) is 2. The molecule has 0 heterocycles. The van der Waals surface area contributed by atoms with Crippen LogP contribution < -0.4 is 10.6 Å². The van der Waals surface area contributed by atoms with E-state index in [0.717, 1.165) is 11.1 Å². The molecule has 0 spiro atoms. The molecule has 25 heavy (non-hydrogen) atoms. The standard InChI is InChI=1S/C20H23FN2O2/c1-12(2)18(23-19(24)16-7-5-6-8-17(16)21)20(25)22-15-10-9-13(3)14(4)11-15/h5-12,18H,1-4H3,(H,22,25)(H,23,24). The van der Waals surface area contributed by atoms with Crippen molar-refractivity contribution in [1.29, 1.82) is 0 Å². The molecule has 2 aromatic carbocycles. The summed E-state index contributed by atoms with van der Waals surface area (Å²) in [5.41, 5.74) is 2.78. The van der Waals surface area contributed by atoms with E-state index in [9.17, 15) is 14.0 Å². The molecule has 4 nitrogen and oxygen atoms in total. The number of nitrogens with one attached hydrogen (secondary N) is 2. The quantitative estimate of drug-likeness (QED) is 0.867. The number of benzene rings is 2. The summed E-state index contributed by atoms with van der Waals surface area (Å²) < 4.78 is 13.8. The summed E-state index contributed by atoms with van der Waals surface area (Å²) in [7, 11) is 0. The molecule has 1 atom stereocenters. The predicted molar refractivity (Wildman–Crippen MR) is 97.0 cm³/mol. The molecule has 0 aliphatic rings. The normalized spacial score (nSPS) is 11.9. The fraction of sp³-hybridized carbons (Fsp3) is 0.300. The monoisotopic (exact) mass is 342 g/mol. The molecule has 2 N–H and O–H groups in total. The number of halogens is 1. The SMILES string of the molecule is Cc1ccc(NC(=O)C(NC(=O)c2ccccc2F)C(C)C)cc1C. The molecular weight excluding hydrogens is 319 g/mol. The highest BCUT2D eigenvalue weighted by Gasteiger charge is 2.25. The summed E-state index contributed by atoms with van der Waals surface area (Å²) in [5.74, 6) is -1.70. The van der Waals surface area contributed by atoms with Crippen LogP contribution in [0.3, 0.4) is 0 Å². The Morgan fingerprint density at radius 3 is 2.28 bits per heavy atom. The minimum absolute atomic E-state index is 0.0767. The van der Waals surface area contributed by atoms with Crippen molar-refractivity contribution in [3.63, 3.8) is 0 Å². The van der Waals surface area contributed by atoms with E-state index in [1.807, 2.05) is 45.9 Å². The molecule has 0 radical (unpaired) electrons. The van der Waals surface area contributed by atoms with E-state index < -0.39 is 17.8 Å². The van der Waals surface area contributed by atoms with Crippen LogP contribution in [0.2, 0.25) is 0 Å². The number of anilines is 1. The zero-order valence-electron chi connectivity index (χ0n) is 14.9. The van der Waals surface area contributed by atoms with Crippen molar-refractivity contribution in [3.8, 4) is 0 Å². The first-order valence-corrected chi connectivity index (χ1v) is 8.23. The van der Waals surface area contributed by atoms with E-state index in [4.69, 9.17) is 0 Å². The first-order chi connectivity index (χ1) is 11.8.